The summed E-state index contributed by atoms with van der Waals surface area (Å²) >= 11 is 31.4. The van der Waals surface area contributed by atoms with Crippen molar-refractivity contribution in [2.45, 2.75) is 89.9 Å². The van der Waals surface area contributed by atoms with Crippen molar-refractivity contribution in [3.8, 4) is 64.8 Å². The van der Waals surface area contributed by atoms with E-state index >= 15 is 0 Å². The van der Waals surface area contributed by atoms with Crippen LogP contribution in [-0.4, -0.2) is 164 Å². The lowest BCUT2D eigenvalue weighted by Crippen LogP contribution is -2.17. The fourth-order valence-electron chi connectivity index (χ4n) is 13.4. The lowest BCUT2D eigenvalue weighted by atomic mass is 10.0. The first-order valence-corrected chi connectivity index (χ1v) is 47.5. The number of rotatable bonds is 31. The molecule has 0 atom stereocenters. The Morgan fingerprint density at radius 1 is 0.347 bits per heavy atom. The van der Waals surface area contributed by atoms with Crippen LogP contribution in [0.1, 0.15) is 99.3 Å². The average Bonchev–Trinajstić information content (AvgIpc) is 0.799. The number of aromatic nitrogens is 10. The van der Waals surface area contributed by atoms with Gasteiger partial charge in [-0.1, -0.05) is 81.7 Å². The molecule has 13 N–H and O–H groups in total. The topological polar surface area (TPSA) is 479 Å². The standard InChI is InChI=1S/C21H21ClFN3O3.C21H17ClFN3O3.C20H20ClFN4O3.C20H16ClFN4O3.C15H10ClFIN3O.C6H8O2.CH4O.H3NO/c2*1-28-19-11-18-15(9-13(19)5-3-4-6-20(27)29-2)21(25-12-24-18)26-14-7-8-17(23)16(22)10-14;2*1-29-18-10-17-14(8-12(18)4-2-3-5-19(27)26-28)20(24-11-23-17)25-13-6-7-16(22)15(21)9-13;1-22-14-6-13-9(5-12(14)18)15(20-7-19-13)21-8-2-3-11(17)10(16)4-8;1-3-4-5-6(7)8-2;2*1-2/h7-12H,3-6H2,1-2H3,(H,24,25,26);7-12H,4,6H2,1-2H3,(H,24,25,26);6-11,28H,2-5H2,1H3,(H,26,27)(H,23,24,25);6-11,28H,3,5H2,1H3,(H,26,27)(H,23,24,25);2-7H,1H3,(H,19,20,21);1H,4-5H2,2H3;2H,1H3;2H,1H2. The maximum absolute atomic E-state index is 13.4. The number of hydrogen-bond acceptors (Lipinski definition) is 33. The number of methoxy groups -OCH3 is 8. The molecule has 784 valence electrons. The highest BCUT2D eigenvalue weighted by atomic mass is 127. The van der Waals surface area contributed by atoms with Crippen LogP contribution in [0.3, 0.4) is 0 Å². The van der Waals surface area contributed by atoms with Gasteiger partial charge in [-0.05, 0) is 194 Å². The fourth-order valence-corrected chi connectivity index (χ4v) is 15.0. The Bertz CT molecular complexity index is 7070. The largest absolute Gasteiger partial charge is 0.496 e. The molecule has 0 unspecified atom stereocenters. The van der Waals surface area contributed by atoms with Crippen molar-refractivity contribution in [3.63, 3.8) is 0 Å². The molecule has 0 spiro atoms. The van der Waals surface area contributed by atoms with Crippen molar-refractivity contribution in [1.29, 1.82) is 0 Å². The van der Waals surface area contributed by atoms with Gasteiger partial charge in [0.05, 0.1) is 137 Å². The predicted molar refractivity (Wildman–Crippen MR) is 572 cm³/mol. The van der Waals surface area contributed by atoms with Crippen molar-refractivity contribution in [2.75, 3.05) is 90.6 Å². The van der Waals surface area contributed by atoms with Gasteiger partial charge < -0.3 is 74.8 Å². The van der Waals surface area contributed by atoms with Crippen molar-refractivity contribution < 1.29 is 105 Å². The smallest absolute Gasteiger partial charge is 0.306 e. The van der Waals surface area contributed by atoms with E-state index in [1.165, 1.54) is 121 Å². The van der Waals surface area contributed by atoms with Gasteiger partial charge in [-0.3, -0.25) is 34.4 Å². The number of ether oxygens (including phenoxy) is 8. The molecule has 0 saturated heterocycles. The third-order valence-corrected chi connectivity index (χ3v) is 23.1. The summed E-state index contributed by atoms with van der Waals surface area (Å²) in [6.45, 7) is 0. The number of amides is 2. The number of fused-ring (bicyclic) bond motifs is 5. The molecule has 46 heteroatoms. The first kappa shape index (κ1) is 120. The number of unbranched alkanes of at least 4 members (excludes halogenated alkanes) is 2. The van der Waals surface area contributed by atoms with Crippen LogP contribution < -0.4 is 67.1 Å². The third kappa shape index (κ3) is 36.3. The summed E-state index contributed by atoms with van der Waals surface area (Å²) in [5, 5.41) is 50.1. The van der Waals surface area contributed by atoms with Gasteiger partial charge in [0.1, 0.15) is 119 Å². The van der Waals surface area contributed by atoms with Crippen LogP contribution in [0.4, 0.5) is 79.5 Å². The molecule has 10 aromatic carbocycles. The van der Waals surface area contributed by atoms with Crippen molar-refractivity contribution >= 4 is 222 Å². The lowest BCUT2D eigenvalue weighted by Gasteiger charge is -2.13. The Kier molecular flexibility index (Phi) is 50.0. The van der Waals surface area contributed by atoms with E-state index in [9.17, 15) is 45.9 Å². The Morgan fingerprint density at radius 2 is 0.613 bits per heavy atom. The van der Waals surface area contributed by atoms with Crippen LogP contribution in [-0.2, 0) is 51.0 Å². The number of hydrogen-bond donors (Lipinski definition) is 12. The minimum absolute atomic E-state index is 0.00602. The SMILES string of the molecule is C#CCCC(=O)OC.CO.COC(=O)CCC#Cc1cc2c(Nc3ccc(F)c(Cl)c3)ncnc2cc1OC.COC(=O)CCCCc1cc2c(Nc3ccc(F)c(Cl)c3)ncnc2cc1OC.COc1cc2ncnc(Nc3ccc(F)c(Cl)c3)c2cc1C#CCCC(=O)NO.COc1cc2ncnc(Nc3ccc(F)c(Cl)c3)c2cc1CCCCC(=O)NO.COc1cc2ncnc(Nc3ccc(F)c(Cl)c3)c2cc1I.NO. The Hall–Kier alpha value is -15.4. The molecule has 0 bridgehead atoms. The summed E-state index contributed by atoms with van der Waals surface area (Å²) in [6, 6.07) is 40.2. The van der Waals surface area contributed by atoms with Crippen LogP contribution in [0.2, 0.25) is 25.1 Å². The molecule has 0 radical (unpaired) electrons. The number of anilines is 10. The minimum Gasteiger partial charge on any atom is -0.496 e. The third-order valence-electron chi connectivity index (χ3n) is 20.8. The number of carbonyl (C=O) groups is 5. The number of halogens is 11. The van der Waals surface area contributed by atoms with E-state index in [4.69, 9.17) is 109 Å². The van der Waals surface area contributed by atoms with Crippen LogP contribution in [0.5, 0.6) is 28.7 Å². The maximum atomic E-state index is 13.4. The summed E-state index contributed by atoms with van der Waals surface area (Å²) in [7, 11) is 12.9. The fraction of sp³-hybridized carbons (Fsp3) is 0.221. The van der Waals surface area contributed by atoms with Gasteiger partial charge in [-0.15, -0.1) is 12.3 Å². The quantitative estimate of drug-likeness (QED) is 0.00281. The normalized spacial score (nSPS) is 10.2. The minimum atomic E-state index is -0.512. The van der Waals surface area contributed by atoms with Gasteiger partial charge in [0.2, 0.25) is 11.8 Å². The lowest BCUT2D eigenvalue weighted by molar-refractivity contribution is -0.141. The van der Waals surface area contributed by atoms with Crippen LogP contribution >= 0.6 is 80.6 Å². The summed E-state index contributed by atoms with van der Waals surface area (Å²) in [4.78, 5) is 97.7. The second kappa shape index (κ2) is 62.6. The second-order valence-electron chi connectivity index (χ2n) is 30.4. The van der Waals surface area contributed by atoms with Gasteiger partial charge in [-0.2, -0.15) is 0 Å². The number of nitrogens with zero attached hydrogens (tertiary/aromatic N) is 10. The van der Waals surface area contributed by atoms with E-state index < -0.39 is 40.9 Å². The van der Waals surface area contributed by atoms with Crippen LogP contribution in [0.25, 0.3) is 54.5 Å². The zero-order chi connectivity index (χ0) is 109. The first-order chi connectivity index (χ1) is 72.4. The van der Waals surface area contributed by atoms with E-state index in [0.717, 1.165) is 80.7 Å². The molecule has 0 aliphatic rings. The van der Waals surface area contributed by atoms with Gasteiger partial charge in [0.25, 0.3) is 0 Å². The Labute approximate surface area is 896 Å². The van der Waals surface area contributed by atoms with Gasteiger partial charge in [0.15, 0.2) is 0 Å². The number of benzene rings is 10. The van der Waals surface area contributed by atoms with Crippen molar-refractivity contribution in [3.05, 3.63) is 263 Å². The molecule has 0 saturated carbocycles. The molecule has 35 nitrogen and oxygen atoms in total. The number of aliphatic hydroxyl groups excluding tert-OH is 1. The number of nitrogens with one attached hydrogen (secondary N) is 7. The molecule has 0 aliphatic heterocycles. The molecule has 0 aliphatic carbocycles. The number of terminal acetylenes is 1. The summed E-state index contributed by atoms with van der Waals surface area (Å²) < 4.78 is 108. The van der Waals surface area contributed by atoms with Crippen molar-refractivity contribution in [2.24, 2.45) is 5.90 Å². The van der Waals surface area contributed by atoms with E-state index in [0.29, 0.717) is 157 Å². The average molecular weight is 2270 g/mol. The summed E-state index contributed by atoms with van der Waals surface area (Å²) in [5.41, 5.74) is 12.8. The molecular weight excluding hydrogens is 2170 g/mol. The van der Waals surface area contributed by atoms with E-state index in [1.54, 1.807) is 94.0 Å². The zero-order valence-electron chi connectivity index (χ0n) is 81.6. The molecule has 0 fully saturated rings. The monoisotopic (exact) mass is 2270 g/mol. The molecular formula is C104H99Cl5F5IN18O17. The second-order valence-corrected chi connectivity index (χ2v) is 33.6. The van der Waals surface area contributed by atoms with Crippen LogP contribution in [0.15, 0.2) is 183 Å². The molecule has 5 aromatic heterocycles. The van der Waals surface area contributed by atoms with Gasteiger partial charge in [0, 0.05) is 131 Å². The van der Waals surface area contributed by atoms with Crippen molar-refractivity contribution in [1.82, 2.24) is 60.8 Å². The molecule has 15 aromatic rings. The van der Waals surface area contributed by atoms with Crippen LogP contribution in [0, 0.1) is 68.7 Å². The number of aryl methyl sites for hydroxylation is 2. The summed E-state index contributed by atoms with van der Waals surface area (Å²) in [6.07, 6.45) is 18.6. The highest BCUT2D eigenvalue weighted by molar-refractivity contribution is 14.1. The van der Waals surface area contributed by atoms with Gasteiger partial charge in [-0.25, -0.2) is 88.6 Å². The molecule has 150 heavy (non-hydrogen) atoms. The Balaban J connectivity index is 0.000000222. The predicted octanol–water partition coefficient (Wildman–Crippen LogP) is 22.0. The number of hydroxylamine groups is 2. The summed E-state index contributed by atoms with van der Waals surface area (Å²) in [5.74, 6) is 19.4. The number of nitrogens with two attached hydrogens (primary N) is 1. The number of carbonyl (C=O) groups excluding carboxylic acids is 5. The van der Waals surface area contributed by atoms with E-state index in [2.05, 4.69) is 149 Å². The molecule has 15 rings (SSSR count). The highest BCUT2D eigenvalue weighted by Gasteiger charge is 2.20. The number of aliphatic hydroxyl groups is 1. The highest BCUT2D eigenvalue weighted by Crippen LogP contribution is 2.39. The molecule has 5 heterocycles. The first-order valence-electron chi connectivity index (χ1n) is 44.5. The van der Waals surface area contributed by atoms with E-state index in [1.807, 2.05) is 36.4 Å². The van der Waals surface area contributed by atoms with Gasteiger partial charge >= 0.3 is 17.9 Å². The van der Waals surface area contributed by atoms with E-state index in [-0.39, 0.29) is 68.7 Å². The molecule has 2 amide bonds. The maximum Gasteiger partial charge on any atom is 0.306 e. The Morgan fingerprint density at radius 3 is 0.907 bits per heavy atom. The number of esters is 3. The zero-order valence-corrected chi connectivity index (χ0v) is 87.5.